The van der Waals surface area contributed by atoms with Crippen molar-refractivity contribution < 1.29 is 4.79 Å². The summed E-state index contributed by atoms with van der Waals surface area (Å²) >= 11 is 0. The molecule has 0 aliphatic heterocycles. The summed E-state index contributed by atoms with van der Waals surface area (Å²) in [6.45, 7) is 0. The molecule has 0 radical (unpaired) electrons. The standard InChI is InChI=1S/C25H22N4O/c30-25(17-6-2-1-3-7-17)29-20-12-10-19(11-13-20)28-22-14-15-26-24-23(22)21-9-5-4-8-18(21)16-27-24/h1-3,6-7,10-16H,4-5,8-9H2,(H,29,30)(H,26,27,28). The van der Waals surface area contributed by atoms with E-state index in [4.69, 9.17) is 0 Å². The van der Waals surface area contributed by atoms with Gasteiger partial charge in [0, 0.05) is 34.7 Å². The van der Waals surface area contributed by atoms with Crippen molar-refractivity contribution in [3.8, 4) is 0 Å². The Kier molecular flexibility index (Phi) is 4.85. The second-order valence-corrected chi connectivity index (χ2v) is 7.55. The number of carbonyl (C=O) groups is 1. The minimum absolute atomic E-state index is 0.117. The maximum absolute atomic E-state index is 12.3. The predicted molar refractivity (Wildman–Crippen MR) is 120 cm³/mol. The van der Waals surface area contributed by atoms with Crippen molar-refractivity contribution in [1.29, 1.82) is 0 Å². The van der Waals surface area contributed by atoms with Crippen LogP contribution in [0.15, 0.2) is 73.1 Å². The number of nitrogens with one attached hydrogen (secondary N) is 2. The van der Waals surface area contributed by atoms with Crippen LogP contribution in [0.4, 0.5) is 17.1 Å². The Morgan fingerprint density at radius 2 is 1.60 bits per heavy atom. The fraction of sp³-hybridized carbons (Fsp3) is 0.160. The molecule has 0 saturated carbocycles. The van der Waals surface area contributed by atoms with Gasteiger partial charge in [0.2, 0.25) is 0 Å². The van der Waals surface area contributed by atoms with Gasteiger partial charge < -0.3 is 10.6 Å². The summed E-state index contributed by atoms with van der Waals surface area (Å²) in [5.74, 6) is -0.117. The summed E-state index contributed by atoms with van der Waals surface area (Å²) in [6.07, 6.45) is 8.36. The molecule has 0 unspecified atom stereocenters. The van der Waals surface area contributed by atoms with Crippen molar-refractivity contribution in [3.05, 3.63) is 89.7 Å². The van der Waals surface area contributed by atoms with Crippen LogP contribution >= 0.6 is 0 Å². The number of hydrogen-bond acceptors (Lipinski definition) is 4. The first kappa shape index (κ1) is 18.3. The van der Waals surface area contributed by atoms with Gasteiger partial charge in [0.1, 0.15) is 0 Å². The van der Waals surface area contributed by atoms with E-state index in [0.29, 0.717) is 5.56 Å². The third-order valence-corrected chi connectivity index (χ3v) is 5.54. The van der Waals surface area contributed by atoms with E-state index in [1.54, 1.807) is 18.3 Å². The molecule has 1 aliphatic rings. The number of amides is 1. The molecule has 5 heteroatoms. The highest BCUT2D eigenvalue weighted by molar-refractivity contribution is 6.04. The largest absolute Gasteiger partial charge is 0.355 e. The molecule has 1 amide bonds. The van der Waals surface area contributed by atoms with Gasteiger partial charge in [-0.2, -0.15) is 0 Å². The average Bonchev–Trinajstić information content (AvgIpc) is 2.81. The fourth-order valence-electron chi connectivity index (χ4n) is 4.03. The Bertz CT molecular complexity index is 1200. The van der Waals surface area contributed by atoms with Gasteiger partial charge in [0.05, 0.1) is 5.69 Å². The summed E-state index contributed by atoms with van der Waals surface area (Å²) in [6, 6.07) is 19.0. The number of carbonyl (C=O) groups excluding carboxylic acids is 1. The van der Waals surface area contributed by atoms with Crippen molar-refractivity contribution in [2.45, 2.75) is 25.7 Å². The predicted octanol–water partition coefficient (Wildman–Crippen LogP) is 5.50. The molecule has 0 saturated heterocycles. The zero-order valence-corrected chi connectivity index (χ0v) is 16.6. The van der Waals surface area contributed by atoms with E-state index in [2.05, 4.69) is 20.6 Å². The summed E-state index contributed by atoms with van der Waals surface area (Å²) in [7, 11) is 0. The maximum atomic E-state index is 12.3. The molecule has 2 N–H and O–H groups in total. The van der Waals surface area contributed by atoms with Crippen LogP contribution in [0, 0.1) is 0 Å². The summed E-state index contributed by atoms with van der Waals surface area (Å²) in [4.78, 5) is 21.4. The molecule has 0 spiro atoms. The number of benzene rings is 2. The second kappa shape index (κ2) is 7.95. The molecule has 148 valence electrons. The van der Waals surface area contributed by atoms with E-state index in [1.165, 1.54) is 24.0 Å². The third-order valence-electron chi connectivity index (χ3n) is 5.54. The minimum atomic E-state index is -0.117. The van der Waals surface area contributed by atoms with Gasteiger partial charge in [-0.25, -0.2) is 9.97 Å². The highest BCUT2D eigenvalue weighted by Gasteiger charge is 2.16. The summed E-state index contributed by atoms with van der Waals surface area (Å²) < 4.78 is 0. The highest BCUT2D eigenvalue weighted by atomic mass is 16.1. The quantitative estimate of drug-likeness (QED) is 0.479. The van der Waals surface area contributed by atoms with Crippen LogP contribution in [-0.4, -0.2) is 15.9 Å². The van der Waals surface area contributed by atoms with Crippen molar-refractivity contribution in [3.63, 3.8) is 0 Å². The number of fused-ring (bicyclic) bond motifs is 3. The Labute approximate surface area is 175 Å². The normalized spacial score (nSPS) is 12.9. The number of aryl methyl sites for hydroxylation is 2. The van der Waals surface area contributed by atoms with Gasteiger partial charge in [-0.05, 0) is 79.3 Å². The fourth-order valence-corrected chi connectivity index (χ4v) is 4.03. The van der Waals surface area contributed by atoms with Crippen LogP contribution in [-0.2, 0) is 12.8 Å². The number of nitrogens with zero attached hydrogens (tertiary/aromatic N) is 2. The molecular weight excluding hydrogens is 372 g/mol. The van der Waals surface area contributed by atoms with Gasteiger partial charge in [0.15, 0.2) is 5.65 Å². The lowest BCUT2D eigenvalue weighted by atomic mass is 9.90. The lowest BCUT2D eigenvalue weighted by Gasteiger charge is -2.19. The monoisotopic (exact) mass is 394 g/mol. The minimum Gasteiger partial charge on any atom is -0.355 e. The number of rotatable bonds is 4. The molecular formula is C25H22N4O. The third kappa shape index (κ3) is 3.62. The Hall–Kier alpha value is -3.73. The van der Waals surface area contributed by atoms with Gasteiger partial charge in [0.25, 0.3) is 5.91 Å². The van der Waals surface area contributed by atoms with Gasteiger partial charge >= 0.3 is 0 Å². The molecule has 0 fully saturated rings. The van der Waals surface area contributed by atoms with E-state index in [-0.39, 0.29) is 5.91 Å². The molecule has 2 aromatic carbocycles. The van der Waals surface area contributed by atoms with Crippen molar-refractivity contribution in [2.24, 2.45) is 0 Å². The van der Waals surface area contributed by atoms with Crippen LogP contribution < -0.4 is 10.6 Å². The average molecular weight is 394 g/mol. The molecule has 0 bridgehead atoms. The van der Waals surface area contributed by atoms with E-state index in [9.17, 15) is 4.79 Å². The van der Waals surface area contributed by atoms with Crippen molar-refractivity contribution >= 4 is 34.0 Å². The molecule has 1 aliphatic carbocycles. The molecule has 4 aromatic rings. The lowest BCUT2D eigenvalue weighted by molar-refractivity contribution is 0.102. The van der Waals surface area contributed by atoms with Crippen LogP contribution in [0.2, 0.25) is 0 Å². The molecule has 5 nitrogen and oxygen atoms in total. The molecule has 2 heterocycles. The topological polar surface area (TPSA) is 66.9 Å². The Morgan fingerprint density at radius 3 is 2.43 bits per heavy atom. The Balaban J connectivity index is 1.39. The second-order valence-electron chi connectivity index (χ2n) is 7.55. The van der Waals surface area contributed by atoms with Crippen LogP contribution in [0.5, 0.6) is 0 Å². The first-order chi connectivity index (χ1) is 14.8. The van der Waals surface area contributed by atoms with E-state index in [0.717, 1.165) is 40.9 Å². The maximum Gasteiger partial charge on any atom is 0.255 e. The number of hydrogen-bond donors (Lipinski definition) is 2. The zero-order chi connectivity index (χ0) is 20.3. The van der Waals surface area contributed by atoms with Crippen LogP contribution in [0.3, 0.4) is 0 Å². The SMILES string of the molecule is O=C(Nc1ccc(Nc2ccnc3ncc4c(c23)CCCC4)cc1)c1ccccc1. The number of pyridine rings is 2. The molecule has 5 rings (SSSR count). The van der Waals surface area contributed by atoms with Gasteiger partial charge in [-0.1, -0.05) is 18.2 Å². The Morgan fingerprint density at radius 1 is 0.833 bits per heavy atom. The number of anilines is 3. The van der Waals surface area contributed by atoms with E-state index in [1.807, 2.05) is 54.7 Å². The first-order valence-electron chi connectivity index (χ1n) is 10.3. The lowest BCUT2D eigenvalue weighted by Crippen LogP contribution is -2.11. The molecule has 0 atom stereocenters. The smallest absolute Gasteiger partial charge is 0.255 e. The molecule has 2 aromatic heterocycles. The highest BCUT2D eigenvalue weighted by Crippen LogP contribution is 2.33. The van der Waals surface area contributed by atoms with Crippen LogP contribution in [0.25, 0.3) is 11.0 Å². The summed E-state index contributed by atoms with van der Waals surface area (Å²) in [5.41, 5.74) is 6.86. The summed E-state index contributed by atoms with van der Waals surface area (Å²) in [5, 5.41) is 7.57. The van der Waals surface area contributed by atoms with Gasteiger partial charge in [-0.3, -0.25) is 4.79 Å². The first-order valence-corrected chi connectivity index (χ1v) is 10.3. The zero-order valence-electron chi connectivity index (χ0n) is 16.6. The van der Waals surface area contributed by atoms with E-state index >= 15 is 0 Å². The molecule has 30 heavy (non-hydrogen) atoms. The van der Waals surface area contributed by atoms with E-state index < -0.39 is 0 Å². The van der Waals surface area contributed by atoms with Crippen molar-refractivity contribution in [2.75, 3.05) is 10.6 Å². The number of aromatic nitrogens is 2. The van der Waals surface area contributed by atoms with Crippen molar-refractivity contribution in [1.82, 2.24) is 9.97 Å². The van der Waals surface area contributed by atoms with Crippen LogP contribution in [0.1, 0.15) is 34.3 Å². The van der Waals surface area contributed by atoms with Gasteiger partial charge in [-0.15, -0.1) is 0 Å².